The Kier molecular flexibility index (Phi) is 8.00. The summed E-state index contributed by atoms with van der Waals surface area (Å²) in [7, 11) is 3.44. The number of amides is 1. The van der Waals surface area contributed by atoms with Crippen molar-refractivity contribution in [3.05, 3.63) is 53.1 Å². The zero-order valence-corrected chi connectivity index (χ0v) is 19.1. The predicted octanol–water partition coefficient (Wildman–Crippen LogP) is 3.38. The van der Waals surface area contributed by atoms with Gasteiger partial charge in [-0.1, -0.05) is 17.7 Å². The molecule has 166 valence electrons. The van der Waals surface area contributed by atoms with Crippen LogP contribution in [0.5, 0.6) is 5.75 Å². The number of nitrogens with zero attached hydrogens (tertiary/aromatic N) is 3. The number of carbonyl (C=O) groups is 1. The monoisotopic (exact) mass is 443 g/mol. The van der Waals surface area contributed by atoms with Crippen LogP contribution in [0.15, 0.2) is 47.5 Å². The lowest BCUT2D eigenvalue weighted by Gasteiger charge is -2.37. The summed E-state index contributed by atoms with van der Waals surface area (Å²) in [5, 5.41) is 6.71. The van der Waals surface area contributed by atoms with Gasteiger partial charge in [-0.3, -0.25) is 9.79 Å². The van der Waals surface area contributed by atoms with Crippen molar-refractivity contribution in [1.29, 1.82) is 0 Å². The van der Waals surface area contributed by atoms with Crippen LogP contribution in [0.25, 0.3) is 0 Å². The van der Waals surface area contributed by atoms with Gasteiger partial charge < -0.3 is 25.2 Å². The third-order valence-corrected chi connectivity index (χ3v) is 5.58. The molecule has 1 aliphatic rings. The summed E-state index contributed by atoms with van der Waals surface area (Å²) < 4.78 is 5.23. The van der Waals surface area contributed by atoms with Gasteiger partial charge in [-0.05, 0) is 48.9 Å². The van der Waals surface area contributed by atoms with Gasteiger partial charge in [0.15, 0.2) is 5.96 Å². The van der Waals surface area contributed by atoms with Crippen molar-refractivity contribution in [2.45, 2.75) is 13.3 Å². The van der Waals surface area contributed by atoms with Crippen LogP contribution in [0.2, 0.25) is 5.02 Å². The molecule has 1 saturated heterocycles. The van der Waals surface area contributed by atoms with Crippen molar-refractivity contribution < 1.29 is 9.53 Å². The van der Waals surface area contributed by atoms with Gasteiger partial charge in [0.1, 0.15) is 5.75 Å². The number of anilines is 2. The number of rotatable bonds is 6. The number of benzene rings is 2. The number of carbonyl (C=O) groups excluding carboxylic acids is 1. The van der Waals surface area contributed by atoms with E-state index >= 15 is 0 Å². The zero-order chi connectivity index (χ0) is 22.2. The standard InChI is InChI=1S/C23H30ClN5O2/c1-17-4-9-21(20(24)16-17)27-22(30)10-11-26-23(25-2)29-14-12-28(13-15-29)18-5-7-19(31-3)8-6-18/h4-9,16H,10-15H2,1-3H3,(H,25,26)(H,27,30). The molecular weight excluding hydrogens is 414 g/mol. The van der Waals surface area contributed by atoms with E-state index in [0.717, 1.165) is 43.5 Å². The van der Waals surface area contributed by atoms with Crippen LogP contribution in [-0.2, 0) is 4.79 Å². The molecule has 31 heavy (non-hydrogen) atoms. The molecule has 1 fully saturated rings. The highest BCUT2D eigenvalue weighted by atomic mass is 35.5. The third kappa shape index (κ3) is 6.28. The molecule has 2 aromatic rings. The van der Waals surface area contributed by atoms with Gasteiger partial charge in [-0.15, -0.1) is 0 Å². The molecule has 3 rings (SSSR count). The smallest absolute Gasteiger partial charge is 0.226 e. The lowest BCUT2D eigenvalue weighted by atomic mass is 10.2. The first-order chi connectivity index (χ1) is 15.0. The summed E-state index contributed by atoms with van der Waals surface area (Å²) in [6.45, 7) is 5.98. The molecule has 1 amide bonds. The number of piperazine rings is 1. The second kappa shape index (κ2) is 10.9. The molecule has 0 saturated carbocycles. The maximum absolute atomic E-state index is 12.3. The number of hydrogen-bond donors (Lipinski definition) is 2. The number of hydrogen-bond acceptors (Lipinski definition) is 4. The number of aryl methyl sites for hydroxylation is 1. The molecule has 1 aliphatic heterocycles. The Bertz CT molecular complexity index is 909. The maximum atomic E-state index is 12.3. The van der Waals surface area contributed by atoms with E-state index < -0.39 is 0 Å². The number of guanidine groups is 1. The summed E-state index contributed by atoms with van der Waals surface area (Å²) in [5.41, 5.74) is 2.88. The summed E-state index contributed by atoms with van der Waals surface area (Å²) in [6.07, 6.45) is 0.328. The Morgan fingerprint density at radius 3 is 2.45 bits per heavy atom. The first-order valence-electron chi connectivity index (χ1n) is 10.4. The Labute approximate surface area is 189 Å². The molecule has 0 atom stereocenters. The van der Waals surface area contributed by atoms with Crippen molar-refractivity contribution in [3.8, 4) is 5.75 Å². The fourth-order valence-electron chi connectivity index (χ4n) is 3.52. The van der Waals surface area contributed by atoms with Crippen LogP contribution in [0.1, 0.15) is 12.0 Å². The van der Waals surface area contributed by atoms with E-state index in [4.69, 9.17) is 16.3 Å². The Balaban J connectivity index is 1.43. The minimum absolute atomic E-state index is 0.0852. The van der Waals surface area contributed by atoms with Crippen molar-refractivity contribution in [2.24, 2.45) is 4.99 Å². The van der Waals surface area contributed by atoms with Crippen LogP contribution in [-0.4, -0.2) is 63.6 Å². The van der Waals surface area contributed by atoms with Gasteiger partial charge in [-0.2, -0.15) is 0 Å². The van der Waals surface area contributed by atoms with Gasteiger partial charge in [0.05, 0.1) is 17.8 Å². The Morgan fingerprint density at radius 2 is 1.84 bits per heavy atom. The molecule has 7 nitrogen and oxygen atoms in total. The molecule has 0 aliphatic carbocycles. The van der Waals surface area contributed by atoms with E-state index in [2.05, 4.69) is 37.6 Å². The number of halogens is 1. The minimum atomic E-state index is -0.0852. The SMILES string of the molecule is CN=C(NCCC(=O)Nc1ccc(C)cc1Cl)N1CCN(c2ccc(OC)cc2)CC1. The van der Waals surface area contributed by atoms with E-state index in [1.54, 1.807) is 14.2 Å². The fraction of sp³-hybridized carbons (Fsp3) is 0.391. The average Bonchev–Trinajstić information content (AvgIpc) is 2.79. The topological polar surface area (TPSA) is 69.2 Å². The maximum Gasteiger partial charge on any atom is 0.226 e. The molecule has 1 heterocycles. The van der Waals surface area contributed by atoms with Gasteiger partial charge in [0.25, 0.3) is 0 Å². The van der Waals surface area contributed by atoms with Crippen molar-refractivity contribution >= 4 is 34.8 Å². The van der Waals surface area contributed by atoms with Crippen molar-refractivity contribution in [2.75, 3.05) is 57.1 Å². The Hall–Kier alpha value is -2.93. The number of nitrogens with one attached hydrogen (secondary N) is 2. The highest BCUT2D eigenvalue weighted by Gasteiger charge is 2.20. The molecule has 8 heteroatoms. The molecule has 0 unspecified atom stereocenters. The summed E-state index contributed by atoms with van der Waals surface area (Å²) in [4.78, 5) is 21.2. The van der Waals surface area contributed by atoms with E-state index in [1.165, 1.54) is 5.69 Å². The third-order valence-electron chi connectivity index (χ3n) is 5.26. The molecule has 2 aromatic carbocycles. The van der Waals surface area contributed by atoms with E-state index in [9.17, 15) is 4.79 Å². The van der Waals surface area contributed by atoms with Gasteiger partial charge in [0.2, 0.25) is 5.91 Å². The molecule has 0 aromatic heterocycles. The minimum Gasteiger partial charge on any atom is -0.497 e. The number of methoxy groups -OCH3 is 1. The first kappa shape index (κ1) is 22.7. The van der Waals surface area contributed by atoms with Gasteiger partial charge in [0, 0.05) is 51.9 Å². The number of ether oxygens (including phenoxy) is 1. The quantitative estimate of drug-likeness (QED) is 0.529. The molecular formula is C23H30ClN5O2. The van der Waals surface area contributed by atoms with E-state index in [-0.39, 0.29) is 5.91 Å². The van der Waals surface area contributed by atoms with Crippen LogP contribution in [0, 0.1) is 6.92 Å². The fourth-order valence-corrected chi connectivity index (χ4v) is 3.81. The van der Waals surface area contributed by atoms with Crippen LogP contribution in [0.3, 0.4) is 0 Å². The molecule has 0 spiro atoms. The van der Waals surface area contributed by atoms with E-state index in [0.29, 0.717) is 23.7 Å². The summed E-state index contributed by atoms with van der Waals surface area (Å²) in [6, 6.07) is 13.7. The zero-order valence-electron chi connectivity index (χ0n) is 18.3. The van der Waals surface area contributed by atoms with E-state index in [1.807, 2.05) is 37.3 Å². The van der Waals surface area contributed by atoms with Crippen LogP contribution >= 0.6 is 11.6 Å². The lowest BCUT2D eigenvalue weighted by molar-refractivity contribution is -0.116. The first-order valence-corrected chi connectivity index (χ1v) is 10.8. The summed E-state index contributed by atoms with van der Waals surface area (Å²) in [5.74, 6) is 1.59. The molecule has 0 radical (unpaired) electrons. The number of aliphatic imine (C=N–C) groups is 1. The second-order valence-corrected chi connectivity index (χ2v) is 7.83. The lowest BCUT2D eigenvalue weighted by Crippen LogP contribution is -2.52. The second-order valence-electron chi connectivity index (χ2n) is 7.43. The van der Waals surface area contributed by atoms with Crippen molar-refractivity contribution in [1.82, 2.24) is 10.2 Å². The van der Waals surface area contributed by atoms with Crippen LogP contribution < -0.4 is 20.3 Å². The van der Waals surface area contributed by atoms with Gasteiger partial charge in [-0.25, -0.2) is 0 Å². The normalized spacial score (nSPS) is 14.4. The molecule has 0 bridgehead atoms. The highest BCUT2D eigenvalue weighted by molar-refractivity contribution is 6.33. The van der Waals surface area contributed by atoms with Crippen LogP contribution in [0.4, 0.5) is 11.4 Å². The van der Waals surface area contributed by atoms with Crippen molar-refractivity contribution in [3.63, 3.8) is 0 Å². The highest BCUT2D eigenvalue weighted by Crippen LogP contribution is 2.23. The summed E-state index contributed by atoms with van der Waals surface area (Å²) >= 11 is 6.19. The Morgan fingerprint density at radius 1 is 1.13 bits per heavy atom. The average molecular weight is 444 g/mol. The largest absolute Gasteiger partial charge is 0.497 e. The van der Waals surface area contributed by atoms with Gasteiger partial charge >= 0.3 is 0 Å². The molecule has 2 N–H and O–H groups in total. The predicted molar refractivity (Wildman–Crippen MR) is 128 cm³/mol.